The van der Waals surface area contributed by atoms with E-state index in [1.54, 1.807) is 12.1 Å². The van der Waals surface area contributed by atoms with Gasteiger partial charge in [0.25, 0.3) is 6.43 Å². The molecule has 2 aromatic carbocycles. The Kier molecular flexibility index (Phi) is 5.35. The number of benzene rings is 2. The van der Waals surface area contributed by atoms with Crippen molar-refractivity contribution in [2.75, 3.05) is 6.26 Å². The van der Waals surface area contributed by atoms with E-state index in [-0.39, 0.29) is 27.5 Å². The maximum absolute atomic E-state index is 13.4. The second-order valence-electron chi connectivity index (χ2n) is 4.61. The molecule has 1 unspecified atom stereocenters. The second kappa shape index (κ2) is 7.26. The van der Waals surface area contributed by atoms with Crippen molar-refractivity contribution in [3.05, 3.63) is 52.8 Å². The SMILES string of the molecule is C[S+]([O-])c1c(C#N)ccc(Oc2cc(F)cc(C#N)c2)c1C(F)F. The summed E-state index contributed by atoms with van der Waals surface area (Å²) in [6.07, 6.45) is -1.89. The number of rotatable bonds is 4. The van der Waals surface area contributed by atoms with E-state index in [9.17, 15) is 17.7 Å². The molecule has 2 aromatic rings. The van der Waals surface area contributed by atoms with Crippen LogP contribution >= 0.6 is 0 Å². The summed E-state index contributed by atoms with van der Waals surface area (Å²) < 4.78 is 57.4. The molecule has 0 aromatic heterocycles. The number of nitrogens with zero attached hydrogens (tertiary/aromatic N) is 2. The maximum atomic E-state index is 13.4. The Balaban J connectivity index is 2.60. The summed E-state index contributed by atoms with van der Waals surface area (Å²) >= 11 is -1.86. The average Bonchev–Trinajstić information content (AvgIpc) is 2.53. The second-order valence-corrected chi connectivity index (χ2v) is 5.93. The lowest BCUT2D eigenvalue weighted by atomic mass is 10.1. The van der Waals surface area contributed by atoms with Gasteiger partial charge in [-0.25, -0.2) is 13.2 Å². The monoisotopic (exact) mass is 350 g/mol. The van der Waals surface area contributed by atoms with Gasteiger partial charge in [0, 0.05) is 6.07 Å². The topological polar surface area (TPSA) is 79.9 Å². The summed E-state index contributed by atoms with van der Waals surface area (Å²) in [5.41, 5.74) is -0.898. The Labute approximate surface area is 138 Å². The van der Waals surface area contributed by atoms with Crippen molar-refractivity contribution in [1.29, 1.82) is 10.5 Å². The number of hydrogen-bond acceptors (Lipinski definition) is 4. The highest BCUT2D eigenvalue weighted by molar-refractivity contribution is 7.90. The van der Waals surface area contributed by atoms with Crippen LogP contribution in [0, 0.1) is 28.5 Å². The highest BCUT2D eigenvalue weighted by atomic mass is 32.2. The van der Waals surface area contributed by atoms with Crippen molar-refractivity contribution in [2.24, 2.45) is 0 Å². The van der Waals surface area contributed by atoms with Crippen LogP contribution in [0.25, 0.3) is 0 Å². The Morgan fingerprint density at radius 1 is 1.17 bits per heavy atom. The van der Waals surface area contributed by atoms with Gasteiger partial charge >= 0.3 is 0 Å². The highest BCUT2D eigenvalue weighted by Crippen LogP contribution is 2.39. The summed E-state index contributed by atoms with van der Waals surface area (Å²) in [6.45, 7) is 0. The molecule has 0 aliphatic carbocycles. The van der Waals surface area contributed by atoms with E-state index in [1.807, 2.05) is 0 Å². The van der Waals surface area contributed by atoms with Crippen LogP contribution in [-0.4, -0.2) is 10.8 Å². The van der Waals surface area contributed by atoms with Gasteiger partial charge in [-0.1, -0.05) is 0 Å². The molecular formula is C16H9F3N2O2S. The first-order valence-corrected chi connectivity index (χ1v) is 8.00. The van der Waals surface area contributed by atoms with E-state index in [4.69, 9.17) is 15.3 Å². The predicted molar refractivity (Wildman–Crippen MR) is 79.6 cm³/mol. The van der Waals surface area contributed by atoms with Gasteiger partial charge < -0.3 is 9.29 Å². The molecule has 0 heterocycles. The van der Waals surface area contributed by atoms with Crippen molar-refractivity contribution >= 4 is 11.2 Å². The van der Waals surface area contributed by atoms with Crippen LogP contribution in [0.2, 0.25) is 0 Å². The maximum Gasteiger partial charge on any atom is 0.272 e. The van der Waals surface area contributed by atoms with Crippen molar-refractivity contribution in [3.63, 3.8) is 0 Å². The van der Waals surface area contributed by atoms with Gasteiger partial charge in [-0.2, -0.15) is 10.5 Å². The lowest BCUT2D eigenvalue weighted by molar-refractivity contribution is 0.144. The summed E-state index contributed by atoms with van der Waals surface area (Å²) in [5, 5.41) is 17.8. The van der Waals surface area contributed by atoms with Gasteiger partial charge in [0.15, 0.2) is 4.90 Å². The largest absolute Gasteiger partial charge is 0.612 e. The smallest absolute Gasteiger partial charge is 0.272 e. The minimum atomic E-state index is -3.06. The normalized spacial score (nSPS) is 11.7. The molecule has 0 spiro atoms. The molecule has 0 radical (unpaired) electrons. The molecule has 0 aliphatic rings. The minimum absolute atomic E-state index is 0.0449. The minimum Gasteiger partial charge on any atom is -0.612 e. The quantitative estimate of drug-likeness (QED) is 0.780. The summed E-state index contributed by atoms with van der Waals surface area (Å²) in [5.74, 6) is -1.29. The van der Waals surface area contributed by atoms with Crippen LogP contribution in [0.4, 0.5) is 13.2 Å². The lowest BCUT2D eigenvalue weighted by Gasteiger charge is -2.16. The fraction of sp³-hybridized carbons (Fsp3) is 0.125. The van der Waals surface area contributed by atoms with Crippen LogP contribution < -0.4 is 4.74 Å². The third-order valence-electron chi connectivity index (χ3n) is 3.01. The number of ether oxygens (including phenoxy) is 1. The Morgan fingerprint density at radius 2 is 1.88 bits per heavy atom. The van der Waals surface area contributed by atoms with E-state index in [0.717, 1.165) is 18.2 Å². The van der Waals surface area contributed by atoms with E-state index in [1.165, 1.54) is 18.4 Å². The standard InChI is InChI=1S/C16H9F3N2O2S/c1-24(22)15-10(8-21)2-3-13(14(15)16(18)19)23-12-5-9(7-20)4-11(17)6-12/h2-6,16H,1H3. The first-order valence-electron chi connectivity index (χ1n) is 6.44. The Hall–Kier alpha value is -2.68. The molecule has 0 saturated heterocycles. The average molecular weight is 350 g/mol. The molecule has 2 rings (SSSR count). The number of nitriles is 2. The molecular weight excluding hydrogens is 341 g/mol. The summed E-state index contributed by atoms with van der Waals surface area (Å²) in [7, 11) is 0. The van der Waals surface area contributed by atoms with Crippen LogP contribution in [0.3, 0.4) is 0 Å². The molecule has 0 aliphatic heterocycles. The molecule has 122 valence electrons. The molecule has 8 heteroatoms. The highest BCUT2D eigenvalue weighted by Gasteiger charge is 2.29. The third kappa shape index (κ3) is 3.62. The number of alkyl halides is 2. The molecule has 24 heavy (non-hydrogen) atoms. The van der Waals surface area contributed by atoms with Crippen molar-refractivity contribution in [1.82, 2.24) is 0 Å². The molecule has 0 amide bonds. The molecule has 0 fully saturated rings. The number of hydrogen-bond donors (Lipinski definition) is 0. The van der Waals surface area contributed by atoms with E-state index >= 15 is 0 Å². The molecule has 0 saturated carbocycles. The Morgan fingerprint density at radius 3 is 2.42 bits per heavy atom. The fourth-order valence-corrected chi connectivity index (χ4v) is 3.01. The van der Waals surface area contributed by atoms with Gasteiger partial charge in [0.1, 0.15) is 40.8 Å². The van der Waals surface area contributed by atoms with Crippen molar-refractivity contribution < 1.29 is 22.5 Å². The molecule has 4 nitrogen and oxygen atoms in total. The fourth-order valence-electron chi connectivity index (χ4n) is 2.09. The van der Waals surface area contributed by atoms with E-state index in [2.05, 4.69) is 0 Å². The predicted octanol–water partition coefficient (Wildman–Crippen LogP) is 4.04. The summed E-state index contributed by atoms with van der Waals surface area (Å²) in [6, 6.07) is 8.81. The van der Waals surface area contributed by atoms with Crippen LogP contribution in [0.5, 0.6) is 11.5 Å². The number of halogens is 3. The van der Waals surface area contributed by atoms with Crippen molar-refractivity contribution in [3.8, 4) is 23.6 Å². The molecule has 0 N–H and O–H groups in total. The first-order chi connectivity index (χ1) is 11.4. The third-order valence-corrected chi connectivity index (χ3v) is 4.03. The van der Waals surface area contributed by atoms with Crippen LogP contribution in [0.1, 0.15) is 23.1 Å². The van der Waals surface area contributed by atoms with Gasteiger partial charge in [-0.05, 0) is 35.4 Å². The molecule has 1 atom stereocenters. The van der Waals surface area contributed by atoms with Gasteiger partial charge in [-0.3, -0.25) is 0 Å². The first kappa shape index (κ1) is 17.7. The van der Waals surface area contributed by atoms with E-state index in [0.29, 0.717) is 0 Å². The van der Waals surface area contributed by atoms with Crippen LogP contribution in [-0.2, 0) is 11.2 Å². The van der Waals surface area contributed by atoms with Gasteiger partial charge in [0.05, 0.1) is 11.6 Å². The van der Waals surface area contributed by atoms with Gasteiger partial charge in [-0.15, -0.1) is 0 Å². The van der Waals surface area contributed by atoms with E-state index < -0.39 is 29.0 Å². The van der Waals surface area contributed by atoms with Crippen molar-refractivity contribution in [2.45, 2.75) is 11.3 Å². The molecule has 0 bridgehead atoms. The summed E-state index contributed by atoms with van der Waals surface area (Å²) in [4.78, 5) is -0.332. The zero-order valence-corrected chi connectivity index (χ0v) is 13.0. The van der Waals surface area contributed by atoms with Gasteiger partial charge in [0.2, 0.25) is 0 Å². The van der Waals surface area contributed by atoms with Crippen LogP contribution in [0.15, 0.2) is 35.2 Å². The lowest BCUT2D eigenvalue weighted by Crippen LogP contribution is -2.08. The zero-order chi connectivity index (χ0) is 17.9. The Bertz CT molecular complexity index is 858. The zero-order valence-electron chi connectivity index (χ0n) is 12.2.